The van der Waals surface area contributed by atoms with Crippen LogP contribution in [-0.4, -0.2) is 48.7 Å². The van der Waals surface area contributed by atoms with Crippen molar-refractivity contribution in [1.29, 1.82) is 0 Å². The van der Waals surface area contributed by atoms with Gasteiger partial charge in [0.2, 0.25) is 0 Å². The summed E-state index contributed by atoms with van der Waals surface area (Å²) in [5.74, 6) is 0.645. The number of esters is 1. The largest absolute Gasteiger partial charge is 0.492 e. The van der Waals surface area contributed by atoms with E-state index in [-0.39, 0.29) is 12.0 Å². The first kappa shape index (κ1) is 21.3. The summed E-state index contributed by atoms with van der Waals surface area (Å²) in [6, 6.07) is 19.6. The summed E-state index contributed by atoms with van der Waals surface area (Å²) in [5, 5.41) is 0.722. The fourth-order valence-corrected chi connectivity index (χ4v) is 4.00. The van der Waals surface area contributed by atoms with Crippen LogP contribution in [0, 0.1) is 0 Å². The van der Waals surface area contributed by atoms with Gasteiger partial charge >= 0.3 is 5.97 Å². The van der Waals surface area contributed by atoms with Crippen molar-refractivity contribution in [1.82, 2.24) is 9.88 Å². The highest BCUT2D eigenvalue weighted by Crippen LogP contribution is 2.25. The summed E-state index contributed by atoms with van der Waals surface area (Å²) in [5.41, 5.74) is 4.06. The molecule has 1 aliphatic rings. The van der Waals surface area contributed by atoms with Crippen LogP contribution in [-0.2, 0) is 9.53 Å². The Morgan fingerprint density at radius 2 is 1.74 bits per heavy atom. The number of aromatic nitrogens is 1. The van der Waals surface area contributed by atoms with Crippen molar-refractivity contribution in [3.8, 4) is 28.1 Å². The number of pyridine rings is 1. The molecule has 160 valence electrons. The summed E-state index contributed by atoms with van der Waals surface area (Å²) >= 11 is 5.96. The molecule has 1 aromatic heterocycles. The Hall–Kier alpha value is -2.89. The summed E-state index contributed by atoms with van der Waals surface area (Å²) in [7, 11) is 1.44. The van der Waals surface area contributed by atoms with Crippen molar-refractivity contribution in [2.45, 2.75) is 18.9 Å². The van der Waals surface area contributed by atoms with E-state index in [0.29, 0.717) is 13.2 Å². The maximum Gasteiger partial charge on any atom is 0.323 e. The summed E-state index contributed by atoms with van der Waals surface area (Å²) < 4.78 is 10.8. The summed E-state index contributed by atoms with van der Waals surface area (Å²) in [6.45, 7) is 2.13. The molecule has 31 heavy (non-hydrogen) atoms. The second kappa shape index (κ2) is 9.94. The average Bonchev–Trinajstić information content (AvgIpc) is 3.28. The third kappa shape index (κ3) is 5.24. The van der Waals surface area contributed by atoms with E-state index < -0.39 is 0 Å². The second-order valence-electron chi connectivity index (χ2n) is 7.53. The quantitative estimate of drug-likeness (QED) is 0.483. The molecular formula is C25H25ClN2O3. The smallest absolute Gasteiger partial charge is 0.323 e. The van der Waals surface area contributed by atoms with Gasteiger partial charge in [0.25, 0.3) is 0 Å². The van der Waals surface area contributed by atoms with Crippen LogP contribution in [0.2, 0.25) is 5.02 Å². The lowest BCUT2D eigenvalue weighted by Crippen LogP contribution is -2.39. The van der Waals surface area contributed by atoms with Crippen molar-refractivity contribution in [3.05, 3.63) is 71.9 Å². The fourth-order valence-electron chi connectivity index (χ4n) is 3.88. The number of methoxy groups -OCH3 is 1. The fraction of sp³-hybridized carbons (Fsp3) is 0.280. The molecule has 0 N–H and O–H groups in total. The van der Waals surface area contributed by atoms with Crippen molar-refractivity contribution in [2.24, 2.45) is 0 Å². The molecule has 0 radical (unpaired) electrons. The molecule has 3 aromatic rings. The molecule has 1 fully saturated rings. The Balaban J connectivity index is 1.33. The van der Waals surface area contributed by atoms with E-state index in [4.69, 9.17) is 21.1 Å². The molecule has 2 heterocycles. The molecule has 5 nitrogen and oxygen atoms in total. The van der Waals surface area contributed by atoms with Crippen LogP contribution in [0.15, 0.2) is 66.9 Å². The van der Waals surface area contributed by atoms with Crippen LogP contribution in [0.25, 0.3) is 22.4 Å². The Kier molecular flexibility index (Phi) is 6.85. The number of ether oxygens (including phenoxy) is 2. The van der Waals surface area contributed by atoms with Crippen molar-refractivity contribution < 1.29 is 14.3 Å². The molecule has 1 aliphatic heterocycles. The van der Waals surface area contributed by atoms with Crippen molar-refractivity contribution in [2.75, 3.05) is 26.8 Å². The SMILES string of the molecule is COC(=O)C1CCCN1CCOc1ccc(-c2ccc(-c3ccc(Cl)cc3)cn2)cc1. The van der Waals surface area contributed by atoms with E-state index in [1.165, 1.54) is 7.11 Å². The zero-order valence-electron chi connectivity index (χ0n) is 17.5. The lowest BCUT2D eigenvalue weighted by atomic mass is 10.1. The van der Waals surface area contributed by atoms with Gasteiger partial charge < -0.3 is 9.47 Å². The number of carbonyl (C=O) groups is 1. The third-order valence-corrected chi connectivity index (χ3v) is 5.83. The maximum atomic E-state index is 11.8. The third-order valence-electron chi connectivity index (χ3n) is 5.58. The van der Waals surface area contributed by atoms with Gasteiger partial charge in [-0.1, -0.05) is 29.8 Å². The molecular weight excluding hydrogens is 412 g/mol. The predicted octanol–water partition coefficient (Wildman–Crippen LogP) is 5.09. The van der Waals surface area contributed by atoms with E-state index in [2.05, 4.69) is 16.0 Å². The van der Waals surface area contributed by atoms with Crippen LogP contribution >= 0.6 is 11.6 Å². The Labute approximate surface area is 187 Å². The zero-order valence-corrected chi connectivity index (χ0v) is 18.2. The first-order valence-electron chi connectivity index (χ1n) is 10.4. The normalized spacial score (nSPS) is 16.3. The van der Waals surface area contributed by atoms with Crippen LogP contribution in [0.5, 0.6) is 5.75 Å². The monoisotopic (exact) mass is 436 g/mol. The molecule has 4 rings (SSSR count). The van der Waals surface area contributed by atoms with Crippen LogP contribution in [0.3, 0.4) is 0 Å². The number of benzene rings is 2. The number of likely N-dealkylation sites (tertiary alicyclic amines) is 1. The molecule has 0 bridgehead atoms. The van der Waals surface area contributed by atoms with Gasteiger partial charge in [-0.2, -0.15) is 0 Å². The van der Waals surface area contributed by atoms with Crippen LogP contribution < -0.4 is 4.74 Å². The second-order valence-corrected chi connectivity index (χ2v) is 7.97. The highest BCUT2D eigenvalue weighted by molar-refractivity contribution is 6.30. The highest BCUT2D eigenvalue weighted by atomic mass is 35.5. The number of hydrogen-bond donors (Lipinski definition) is 0. The minimum Gasteiger partial charge on any atom is -0.492 e. The van der Waals surface area contributed by atoms with E-state index in [0.717, 1.165) is 52.5 Å². The molecule has 1 saturated heterocycles. The number of halogens is 1. The number of nitrogens with zero attached hydrogens (tertiary/aromatic N) is 2. The first-order valence-corrected chi connectivity index (χ1v) is 10.8. The Morgan fingerprint density at radius 3 is 2.42 bits per heavy atom. The topological polar surface area (TPSA) is 51.7 Å². The molecule has 0 amide bonds. The van der Waals surface area contributed by atoms with Crippen molar-refractivity contribution in [3.63, 3.8) is 0 Å². The van der Waals surface area contributed by atoms with Gasteiger partial charge in [0, 0.05) is 28.9 Å². The average molecular weight is 437 g/mol. The van der Waals surface area contributed by atoms with Crippen LogP contribution in [0.1, 0.15) is 12.8 Å². The van der Waals surface area contributed by atoms with Gasteiger partial charge in [0.05, 0.1) is 12.8 Å². The Bertz CT molecular complexity index is 1000. The molecule has 0 saturated carbocycles. The minimum absolute atomic E-state index is 0.141. The molecule has 1 atom stereocenters. The molecule has 0 aliphatic carbocycles. The molecule has 2 aromatic carbocycles. The van der Waals surface area contributed by atoms with E-state index in [1.807, 2.05) is 60.8 Å². The standard InChI is InChI=1S/C25H25ClN2O3/c1-30-25(29)24-3-2-14-28(24)15-16-31-22-11-6-19(7-12-22)23-13-8-20(17-27-23)18-4-9-21(26)10-5-18/h4-13,17,24H,2-3,14-16H2,1H3. The van der Waals surface area contributed by atoms with Gasteiger partial charge in [-0.15, -0.1) is 0 Å². The molecule has 1 unspecified atom stereocenters. The maximum absolute atomic E-state index is 11.8. The van der Waals surface area contributed by atoms with Gasteiger partial charge in [-0.3, -0.25) is 14.7 Å². The van der Waals surface area contributed by atoms with E-state index in [9.17, 15) is 4.79 Å². The van der Waals surface area contributed by atoms with E-state index >= 15 is 0 Å². The van der Waals surface area contributed by atoms with Gasteiger partial charge in [0.15, 0.2) is 0 Å². The highest BCUT2D eigenvalue weighted by Gasteiger charge is 2.31. The van der Waals surface area contributed by atoms with Gasteiger partial charge in [-0.05, 0) is 67.4 Å². The molecule has 6 heteroatoms. The van der Waals surface area contributed by atoms with E-state index in [1.54, 1.807) is 0 Å². The number of hydrogen-bond acceptors (Lipinski definition) is 5. The lowest BCUT2D eigenvalue weighted by molar-refractivity contribution is -0.145. The van der Waals surface area contributed by atoms with Crippen LogP contribution in [0.4, 0.5) is 0 Å². The van der Waals surface area contributed by atoms with Crippen molar-refractivity contribution >= 4 is 17.6 Å². The minimum atomic E-state index is -0.156. The number of rotatable bonds is 7. The summed E-state index contributed by atoms with van der Waals surface area (Å²) in [6.07, 6.45) is 3.74. The van der Waals surface area contributed by atoms with Gasteiger partial charge in [-0.25, -0.2) is 0 Å². The first-order chi connectivity index (χ1) is 15.1. The van der Waals surface area contributed by atoms with Gasteiger partial charge in [0.1, 0.15) is 18.4 Å². The Morgan fingerprint density at radius 1 is 1.03 bits per heavy atom. The lowest BCUT2D eigenvalue weighted by Gasteiger charge is -2.22. The predicted molar refractivity (Wildman–Crippen MR) is 122 cm³/mol. The number of carbonyl (C=O) groups excluding carboxylic acids is 1. The zero-order chi connectivity index (χ0) is 21.6. The molecule has 0 spiro atoms. The summed E-state index contributed by atoms with van der Waals surface area (Å²) in [4.78, 5) is 18.6.